The van der Waals surface area contributed by atoms with Gasteiger partial charge in [-0.05, 0) is 36.5 Å². The lowest BCUT2D eigenvalue weighted by molar-refractivity contribution is 0.0206. The lowest BCUT2D eigenvalue weighted by Crippen LogP contribution is -2.38. The number of hydrogen-bond acceptors (Lipinski definition) is 4. The third-order valence-corrected chi connectivity index (χ3v) is 4.79. The first-order chi connectivity index (χ1) is 7.77. The van der Waals surface area contributed by atoms with Crippen LogP contribution in [0.15, 0.2) is 0 Å². The predicted octanol–water partition coefficient (Wildman–Crippen LogP) is 2.36. The lowest BCUT2D eigenvalue weighted by Gasteiger charge is -2.42. The van der Waals surface area contributed by atoms with Gasteiger partial charge in [0.1, 0.15) is 0 Å². The molecule has 0 aromatic rings. The smallest absolute Gasteiger partial charge is 0.248 e. The van der Waals surface area contributed by atoms with Crippen LogP contribution in [0.3, 0.4) is 0 Å². The molecule has 2 unspecified atom stereocenters. The van der Waals surface area contributed by atoms with Crippen molar-refractivity contribution in [3.8, 4) is 0 Å². The molecule has 0 amide bonds. The van der Waals surface area contributed by atoms with Crippen molar-refractivity contribution in [1.82, 2.24) is 0 Å². The molecule has 0 N–H and O–H groups in total. The second-order valence-electron chi connectivity index (χ2n) is 6.41. The molecule has 2 fully saturated rings. The highest BCUT2D eigenvalue weighted by atomic mass is 32.3. The summed E-state index contributed by atoms with van der Waals surface area (Å²) in [6.45, 7) is 7.43. The molecule has 5 heteroatoms. The molecule has 17 heavy (non-hydrogen) atoms. The molecule has 1 saturated carbocycles. The van der Waals surface area contributed by atoms with Crippen LogP contribution in [-0.4, -0.2) is 21.6 Å². The Morgan fingerprint density at radius 2 is 1.65 bits per heavy atom. The Morgan fingerprint density at radius 1 is 1.06 bits per heavy atom. The van der Waals surface area contributed by atoms with Crippen molar-refractivity contribution < 1.29 is 16.8 Å². The van der Waals surface area contributed by atoms with E-state index >= 15 is 0 Å². The van der Waals surface area contributed by atoms with Gasteiger partial charge in [-0.25, -0.2) is 8.37 Å². The maximum atomic E-state index is 11.0. The second kappa shape index (κ2) is 4.52. The Labute approximate surface area is 104 Å². The minimum absolute atomic E-state index is 0.223. The molecule has 1 aliphatic heterocycles. The van der Waals surface area contributed by atoms with Crippen LogP contribution in [-0.2, 0) is 18.8 Å². The van der Waals surface area contributed by atoms with Crippen LogP contribution in [0.1, 0.15) is 40.0 Å². The molecule has 0 aromatic heterocycles. The summed E-state index contributed by atoms with van der Waals surface area (Å²) >= 11 is 0. The van der Waals surface area contributed by atoms with Crippen LogP contribution in [0.5, 0.6) is 0 Å². The lowest BCUT2D eigenvalue weighted by atomic mass is 9.65. The molecule has 2 atom stereocenters. The zero-order valence-electron chi connectivity index (χ0n) is 10.8. The monoisotopic (exact) mass is 262 g/mol. The van der Waals surface area contributed by atoms with E-state index in [1.54, 1.807) is 0 Å². The van der Waals surface area contributed by atoms with E-state index < -0.39 is 10.4 Å². The van der Waals surface area contributed by atoms with E-state index in [2.05, 4.69) is 20.8 Å². The molecular weight excluding hydrogens is 240 g/mol. The first-order valence-electron chi connectivity index (χ1n) is 6.31. The highest BCUT2D eigenvalue weighted by Crippen LogP contribution is 2.45. The normalized spacial score (nSPS) is 37.8. The average molecular weight is 262 g/mol. The molecular formula is C12H22O4S. The van der Waals surface area contributed by atoms with Gasteiger partial charge in [-0.2, -0.15) is 8.42 Å². The highest BCUT2D eigenvalue weighted by Gasteiger charge is 2.38. The van der Waals surface area contributed by atoms with E-state index in [9.17, 15) is 8.42 Å². The molecule has 2 rings (SSSR count). The Hall–Kier alpha value is -0.130. The fraction of sp³-hybridized carbons (Fsp3) is 1.00. The van der Waals surface area contributed by atoms with Gasteiger partial charge in [0.25, 0.3) is 0 Å². The predicted molar refractivity (Wildman–Crippen MR) is 64.6 cm³/mol. The van der Waals surface area contributed by atoms with E-state index in [1.165, 1.54) is 6.42 Å². The maximum Gasteiger partial charge on any atom is 0.399 e. The van der Waals surface area contributed by atoms with Crippen LogP contribution in [0.2, 0.25) is 0 Å². The maximum absolute atomic E-state index is 11.0. The Bertz CT molecular complexity index is 360. The standard InChI is InChI=1S/C12H22O4S/c1-9-4-10(6-12(2,3)5-9)11-7-15-17(13,14)16-8-11/h9-11H,4-8H2,1-3H3. The van der Waals surface area contributed by atoms with Gasteiger partial charge >= 0.3 is 10.4 Å². The van der Waals surface area contributed by atoms with Crippen LogP contribution >= 0.6 is 0 Å². The topological polar surface area (TPSA) is 52.6 Å². The van der Waals surface area contributed by atoms with Crippen LogP contribution in [0, 0.1) is 23.2 Å². The Balaban J connectivity index is 1.99. The van der Waals surface area contributed by atoms with Gasteiger partial charge in [-0.3, -0.25) is 0 Å². The molecule has 0 bridgehead atoms. The minimum atomic E-state index is -3.70. The summed E-state index contributed by atoms with van der Waals surface area (Å²) in [6, 6.07) is 0. The largest absolute Gasteiger partial charge is 0.399 e. The Kier molecular flexibility index (Phi) is 3.54. The van der Waals surface area contributed by atoms with Crippen molar-refractivity contribution in [2.24, 2.45) is 23.2 Å². The highest BCUT2D eigenvalue weighted by molar-refractivity contribution is 7.81. The van der Waals surface area contributed by atoms with Gasteiger partial charge in [0, 0.05) is 5.92 Å². The zero-order valence-corrected chi connectivity index (χ0v) is 11.6. The number of rotatable bonds is 1. The van der Waals surface area contributed by atoms with Crippen LogP contribution in [0.4, 0.5) is 0 Å². The number of hydrogen-bond donors (Lipinski definition) is 0. The summed E-state index contributed by atoms with van der Waals surface area (Å²) in [5, 5.41) is 0. The molecule has 0 spiro atoms. The first-order valence-corrected chi connectivity index (χ1v) is 7.64. The molecule has 4 nitrogen and oxygen atoms in total. The summed E-state index contributed by atoms with van der Waals surface area (Å²) in [7, 11) is -3.70. The van der Waals surface area contributed by atoms with Crippen molar-refractivity contribution in [1.29, 1.82) is 0 Å². The van der Waals surface area contributed by atoms with Gasteiger partial charge < -0.3 is 0 Å². The van der Waals surface area contributed by atoms with E-state index in [1.807, 2.05) is 0 Å². The zero-order chi connectivity index (χ0) is 12.7. The molecule has 100 valence electrons. The SMILES string of the molecule is CC1CC(C2COS(=O)(=O)OC2)CC(C)(C)C1. The third kappa shape index (κ3) is 3.42. The molecule has 0 radical (unpaired) electrons. The van der Waals surface area contributed by atoms with E-state index in [0.717, 1.165) is 12.8 Å². The van der Waals surface area contributed by atoms with E-state index in [-0.39, 0.29) is 19.1 Å². The summed E-state index contributed by atoms with van der Waals surface area (Å²) in [5.74, 6) is 1.44. The van der Waals surface area contributed by atoms with E-state index in [4.69, 9.17) is 8.37 Å². The van der Waals surface area contributed by atoms with Crippen LogP contribution < -0.4 is 0 Å². The minimum Gasteiger partial charge on any atom is -0.248 e. The summed E-state index contributed by atoms with van der Waals surface area (Å²) in [6.07, 6.45) is 3.53. The van der Waals surface area contributed by atoms with Crippen molar-refractivity contribution in [2.45, 2.75) is 40.0 Å². The van der Waals surface area contributed by atoms with Gasteiger partial charge in [-0.15, -0.1) is 0 Å². The summed E-state index contributed by atoms with van der Waals surface area (Å²) in [5.41, 5.74) is 0.346. The molecule has 2 aliphatic rings. The van der Waals surface area contributed by atoms with E-state index in [0.29, 0.717) is 17.3 Å². The average Bonchev–Trinajstić information content (AvgIpc) is 2.13. The fourth-order valence-corrected chi connectivity index (χ4v) is 4.23. The molecule has 1 aliphatic carbocycles. The molecule has 1 heterocycles. The van der Waals surface area contributed by atoms with Crippen molar-refractivity contribution in [2.75, 3.05) is 13.2 Å². The van der Waals surface area contributed by atoms with Gasteiger partial charge in [0.2, 0.25) is 0 Å². The summed E-state index contributed by atoms with van der Waals surface area (Å²) < 4.78 is 31.6. The molecule has 0 aromatic carbocycles. The fourth-order valence-electron chi connectivity index (χ4n) is 3.47. The van der Waals surface area contributed by atoms with Crippen molar-refractivity contribution >= 4 is 10.4 Å². The van der Waals surface area contributed by atoms with Crippen molar-refractivity contribution in [3.63, 3.8) is 0 Å². The summed E-state index contributed by atoms with van der Waals surface area (Å²) in [4.78, 5) is 0. The van der Waals surface area contributed by atoms with Crippen molar-refractivity contribution in [3.05, 3.63) is 0 Å². The van der Waals surface area contributed by atoms with Gasteiger partial charge in [-0.1, -0.05) is 20.8 Å². The first kappa shape index (κ1) is 13.3. The molecule has 1 saturated heterocycles. The Morgan fingerprint density at radius 3 is 2.18 bits per heavy atom. The van der Waals surface area contributed by atoms with Gasteiger partial charge in [0.05, 0.1) is 13.2 Å². The van der Waals surface area contributed by atoms with Crippen LogP contribution in [0.25, 0.3) is 0 Å². The quantitative estimate of drug-likeness (QED) is 0.728. The third-order valence-electron chi connectivity index (χ3n) is 3.94. The second-order valence-corrected chi connectivity index (χ2v) is 7.70. The van der Waals surface area contributed by atoms with Gasteiger partial charge in [0.15, 0.2) is 0 Å².